The fourth-order valence-corrected chi connectivity index (χ4v) is 1.12. The van der Waals surface area contributed by atoms with Crippen LogP contribution in [0.4, 0.5) is 5.95 Å². The van der Waals surface area contributed by atoms with Crippen molar-refractivity contribution in [1.29, 1.82) is 0 Å². The average Bonchev–Trinajstić information content (AvgIpc) is 2.14. The Bertz CT molecular complexity index is 285. The van der Waals surface area contributed by atoms with Crippen LogP contribution in [0.15, 0.2) is 12.3 Å². The lowest BCUT2D eigenvalue weighted by molar-refractivity contribution is 0.652. The van der Waals surface area contributed by atoms with E-state index in [1.54, 1.807) is 6.20 Å². The van der Waals surface area contributed by atoms with Crippen LogP contribution in [-0.4, -0.2) is 29.6 Å². The summed E-state index contributed by atoms with van der Waals surface area (Å²) < 4.78 is 0. The molecule has 1 rings (SSSR count). The summed E-state index contributed by atoms with van der Waals surface area (Å²) in [6, 6.07) is 2.12. The number of rotatable bonds is 4. The number of anilines is 1. The van der Waals surface area contributed by atoms with E-state index >= 15 is 0 Å². The van der Waals surface area contributed by atoms with Gasteiger partial charge < -0.3 is 10.6 Å². The van der Waals surface area contributed by atoms with E-state index in [9.17, 15) is 0 Å². The predicted molar refractivity (Wildman–Crippen MR) is 58.3 cm³/mol. The second-order valence-corrected chi connectivity index (χ2v) is 3.69. The summed E-state index contributed by atoms with van der Waals surface area (Å²) in [7, 11) is 1.98. The van der Waals surface area contributed by atoms with Gasteiger partial charge in [-0.25, -0.2) is 9.97 Å². The molecule has 1 aromatic heterocycles. The van der Waals surface area contributed by atoms with Crippen LogP contribution in [0.3, 0.4) is 0 Å². The van der Waals surface area contributed by atoms with Gasteiger partial charge in [0.25, 0.3) is 0 Å². The zero-order valence-corrected chi connectivity index (χ0v) is 9.07. The Balaban J connectivity index is 2.56. The quantitative estimate of drug-likeness (QED) is 0.775. The number of nitrogens with two attached hydrogens (primary N) is 1. The van der Waals surface area contributed by atoms with Gasteiger partial charge in [-0.15, -0.1) is 0 Å². The minimum atomic E-state index is 0.224. The first-order valence-electron chi connectivity index (χ1n) is 4.86. The van der Waals surface area contributed by atoms with Crippen molar-refractivity contribution in [3.63, 3.8) is 0 Å². The summed E-state index contributed by atoms with van der Waals surface area (Å²) in [6.45, 7) is 4.86. The standard InChI is InChI=1S/C10H18N4/c1-8(11)5-7-14(3)10-12-6-4-9(2)13-10/h4,6,8H,5,7,11H2,1-3H3. The molecule has 4 heteroatoms. The summed E-state index contributed by atoms with van der Waals surface area (Å²) in [5.41, 5.74) is 6.67. The SMILES string of the molecule is Cc1ccnc(N(C)CCC(C)N)n1. The number of hydrogen-bond donors (Lipinski definition) is 1. The van der Waals surface area contributed by atoms with Crippen LogP contribution in [0.25, 0.3) is 0 Å². The largest absolute Gasteiger partial charge is 0.344 e. The fraction of sp³-hybridized carbons (Fsp3) is 0.600. The van der Waals surface area contributed by atoms with Gasteiger partial charge in [-0.1, -0.05) is 0 Å². The van der Waals surface area contributed by atoms with E-state index in [4.69, 9.17) is 5.73 Å². The Kier molecular flexibility index (Phi) is 3.83. The molecule has 0 saturated carbocycles. The second kappa shape index (κ2) is 4.91. The van der Waals surface area contributed by atoms with Crippen LogP contribution in [0, 0.1) is 6.92 Å². The summed E-state index contributed by atoms with van der Waals surface area (Å²) in [5, 5.41) is 0. The minimum Gasteiger partial charge on any atom is -0.344 e. The molecule has 0 bridgehead atoms. The Morgan fingerprint density at radius 2 is 2.29 bits per heavy atom. The lowest BCUT2D eigenvalue weighted by atomic mass is 10.2. The highest BCUT2D eigenvalue weighted by atomic mass is 15.2. The molecule has 14 heavy (non-hydrogen) atoms. The van der Waals surface area contributed by atoms with Gasteiger partial charge in [-0.2, -0.15) is 0 Å². The summed E-state index contributed by atoms with van der Waals surface area (Å²) in [4.78, 5) is 10.5. The second-order valence-electron chi connectivity index (χ2n) is 3.69. The molecule has 0 aromatic carbocycles. The Labute approximate surface area is 85.2 Å². The van der Waals surface area contributed by atoms with E-state index in [-0.39, 0.29) is 6.04 Å². The molecular weight excluding hydrogens is 176 g/mol. The molecule has 1 heterocycles. The van der Waals surface area contributed by atoms with E-state index in [1.807, 2.05) is 31.9 Å². The van der Waals surface area contributed by atoms with Gasteiger partial charge >= 0.3 is 0 Å². The van der Waals surface area contributed by atoms with Gasteiger partial charge in [0, 0.05) is 31.5 Å². The molecule has 1 unspecified atom stereocenters. The lowest BCUT2D eigenvalue weighted by Crippen LogP contribution is -2.27. The van der Waals surface area contributed by atoms with E-state index < -0.39 is 0 Å². The number of hydrogen-bond acceptors (Lipinski definition) is 4. The summed E-state index contributed by atoms with van der Waals surface area (Å²) >= 11 is 0. The topological polar surface area (TPSA) is 55.0 Å². The maximum atomic E-state index is 5.68. The molecule has 0 aliphatic carbocycles. The molecular formula is C10H18N4. The van der Waals surface area contributed by atoms with Crippen LogP contribution < -0.4 is 10.6 Å². The van der Waals surface area contributed by atoms with Crippen molar-refractivity contribution in [2.75, 3.05) is 18.5 Å². The predicted octanol–water partition coefficient (Wildman–Crippen LogP) is 0.959. The molecule has 2 N–H and O–H groups in total. The number of aryl methyl sites for hydroxylation is 1. The van der Waals surface area contributed by atoms with Crippen LogP contribution in [0.5, 0.6) is 0 Å². The van der Waals surface area contributed by atoms with Crippen molar-refractivity contribution in [2.45, 2.75) is 26.3 Å². The van der Waals surface area contributed by atoms with Gasteiger partial charge in [-0.05, 0) is 26.3 Å². The van der Waals surface area contributed by atoms with Crippen molar-refractivity contribution in [3.8, 4) is 0 Å². The maximum absolute atomic E-state index is 5.68. The van der Waals surface area contributed by atoms with Crippen molar-refractivity contribution in [3.05, 3.63) is 18.0 Å². The Morgan fingerprint density at radius 1 is 1.57 bits per heavy atom. The molecule has 0 radical (unpaired) electrons. The smallest absolute Gasteiger partial charge is 0.225 e. The first kappa shape index (κ1) is 10.9. The molecule has 0 saturated heterocycles. The zero-order valence-electron chi connectivity index (χ0n) is 9.07. The van der Waals surface area contributed by atoms with Gasteiger partial charge in [0.05, 0.1) is 0 Å². The molecule has 0 aliphatic heterocycles. The first-order chi connectivity index (χ1) is 6.59. The van der Waals surface area contributed by atoms with Crippen molar-refractivity contribution in [1.82, 2.24) is 9.97 Å². The Morgan fingerprint density at radius 3 is 2.86 bits per heavy atom. The van der Waals surface area contributed by atoms with Crippen LogP contribution in [0.1, 0.15) is 19.0 Å². The van der Waals surface area contributed by atoms with E-state index in [1.165, 1.54) is 0 Å². The van der Waals surface area contributed by atoms with Gasteiger partial charge in [0.2, 0.25) is 5.95 Å². The van der Waals surface area contributed by atoms with Crippen molar-refractivity contribution >= 4 is 5.95 Å². The van der Waals surface area contributed by atoms with E-state index in [0.29, 0.717) is 0 Å². The van der Waals surface area contributed by atoms with E-state index in [2.05, 4.69) is 9.97 Å². The highest BCUT2D eigenvalue weighted by Gasteiger charge is 2.04. The molecule has 1 aromatic rings. The summed E-state index contributed by atoms with van der Waals surface area (Å²) in [6.07, 6.45) is 2.73. The zero-order chi connectivity index (χ0) is 10.6. The third-order valence-corrected chi connectivity index (χ3v) is 2.04. The Hall–Kier alpha value is -1.16. The molecule has 0 spiro atoms. The average molecular weight is 194 g/mol. The molecule has 0 fully saturated rings. The van der Waals surface area contributed by atoms with Crippen LogP contribution in [-0.2, 0) is 0 Å². The monoisotopic (exact) mass is 194 g/mol. The van der Waals surface area contributed by atoms with Crippen LogP contribution >= 0.6 is 0 Å². The molecule has 0 aliphatic rings. The molecule has 4 nitrogen and oxygen atoms in total. The summed E-state index contributed by atoms with van der Waals surface area (Å²) in [5.74, 6) is 0.769. The maximum Gasteiger partial charge on any atom is 0.225 e. The van der Waals surface area contributed by atoms with Crippen molar-refractivity contribution < 1.29 is 0 Å². The highest BCUT2D eigenvalue weighted by molar-refractivity contribution is 5.28. The molecule has 1 atom stereocenters. The highest BCUT2D eigenvalue weighted by Crippen LogP contribution is 2.05. The normalized spacial score (nSPS) is 12.6. The number of aromatic nitrogens is 2. The molecule has 78 valence electrons. The number of nitrogens with zero attached hydrogens (tertiary/aromatic N) is 3. The van der Waals surface area contributed by atoms with Crippen LogP contribution in [0.2, 0.25) is 0 Å². The van der Waals surface area contributed by atoms with Gasteiger partial charge in [-0.3, -0.25) is 0 Å². The third-order valence-electron chi connectivity index (χ3n) is 2.04. The van der Waals surface area contributed by atoms with E-state index in [0.717, 1.165) is 24.6 Å². The van der Waals surface area contributed by atoms with Gasteiger partial charge in [0.1, 0.15) is 0 Å². The lowest BCUT2D eigenvalue weighted by Gasteiger charge is -2.17. The molecule has 0 amide bonds. The van der Waals surface area contributed by atoms with Gasteiger partial charge in [0.15, 0.2) is 0 Å². The van der Waals surface area contributed by atoms with Crippen molar-refractivity contribution in [2.24, 2.45) is 5.73 Å². The third kappa shape index (κ3) is 3.30. The fourth-order valence-electron chi connectivity index (χ4n) is 1.12. The first-order valence-corrected chi connectivity index (χ1v) is 4.86. The minimum absolute atomic E-state index is 0.224.